The Morgan fingerprint density at radius 1 is 1.38 bits per heavy atom. The number of methoxy groups -OCH3 is 1. The van der Waals surface area contributed by atoms with Crippen molar-refractivity contribution in [1.29, 1.82) is 0 Å². The molecule has 1 N–H and O–H groups in total. The molecule has 0 aliphatic carbocycles. The number of carbonyl (C=O) groups excluding carboxylic acids is 1. The normalized spacial score (nSPS) is 24.0. The van der Waals surface area contributed by atoms with Gasteiger partial charge in [-0.15, -0.1) is 0 Å². The molecule has 1 aromatic rings. The summed E-state index contributed by atoms with van der Waals surface area (Å²) in [6.07, 6.45) is 0. The molecule has 2 fully saturated rings. The maximum Gasteiger partial charge on any atom is 0.260 e. The Morgan fingerprint density at radius 3 is 2.76 bits per heavy atom. The first-order chi connectivity index (χ1) is 10.2. The van der Waals surface area contributed by atoms with Crippen LogP contribution in [0.1, 0.15) is 0 Å². The number of amides is 1. The Labute approximate surface area is 129 Å². The highest BCUT2D eigenvalue weighted by molar-refractivity contribution is 6.32. The van der Waals surface area contributed by atoms with Gasteiger partial charge >= 0.3 is 0 Å². The molecule has 0 spiro atoms. The van der Waals surface area contributed by atoms with Gasteiger partial charge in [-0.2, -0.15) is 0 Å². The van der Waals surface area contributed by atoms with Crippen molar-refractivity contribution < 1.29 is 14.3 Å². The molecule has 21 heavy (non-hydrogen) atoms. The number of ether oxygens (including phenoxy) is 2. The molecular weight excluding hydrogens is 292 g/mol. The van der Waals surface area contributed by atoms with Crippen LogP contribution in [0.25, 0.3) is 0 Å². The zero-order chi connectivity index (χ0) is 14.8. The Morgan fingerprint density at radius 2 is 2.10 bits per heavy atom. The van der Waals surface area contributed by atoms with Crippen LogP contribution in [-0.2, 0) is 4.79 Å². The van der Waals surface area contributed by atoms with Gasteiger partial charge in [0.1, 0.15) is 11.5 Å². The number of carbonyl (C=O) groups is 1. The molecule has 0 bridgehead atoms. The fourth-order valence-electron chi connectivity index (χ4n) is 3.03. The summed E-state index contributed by atoms with van der Waals surface area (Å²) in [5.41, 5.74) is 0. The van der Waals surface area contributed by atoms with E-state index in [-0.39, 0.29) is 12.5 Å². The van der Waals surface area contributed by atoms with Gasteiger partial charge in [0.2, 0.25) is 0 Å². The molecule has 3 rings (SSSR count). The molecule has 1 aromatic carbocycles. The van der Waals surface area contributed by atoms with E-state index in [2.05, 4.69) is 5.32 Å². The van der Waals surface area contributed by atoms with Crippen LogP contribution in [0.15, 0.2) is 18.2 Å². The number of nitrogens with zero attached hydrogens (tertiary/aromatic N) is 1. The van der Waals surface area contributed by atoms with Crippen molar-refractivity contribution in [3.8, 4) is 11.5 Å². The van der Waals surface area contributed by atoms with E-state index < -0.39 is 0 Å². The number of nitrogens with one attached hydrogen (secondary N) is 1. The van der Waals surface area contributed by atoms with Gasteiger partial charge in [-0.25, -0.2) is 0 Å². The average Bonchev–Trinajstić information content (AvgIpc) is 3.07. The zero-order valence-corrected chi connectivity index (χ0v) is 12.7. The van der Waals surface area contributed by atoms with Crippen molar-refractivity contribution in [2.24, 2.45) is 11.8 Å². The smallest absolute Gasteiger partial charge is 0.260 e. The molecule has 5 nitrogen and oxygen atoms in total. The molecule has 2 atom stereocenters. The number of hydrogen-bond donors (Lipinski definition) is 1. The van der Waals surface area contributed by atoms with Crippen LogP contribution in [0.5, 0.6) is 11.5 Å². The minimum atomic E-state index is 0.0401. The lowest BCUT2D eigenvalue weighted by Crippen LogP contribution is -2.35. The highest BCUT2D eigenvalue weighted by atomic mass is 35.5. The summed E-state index contributed by atoms with van der Waals surface area (Å²) >= 11 is 5.96. The quantitative estimate of drug-likeness (QED) is 0.913. The van der Waals surface area contributed by atoms with Gasteiger partial charge in [0.15, 0.2) is 6.61 Å². The van der Waals surface area contributed by atoms with Crippen LogP contribution >= 0.6 is 11.6 Å². The van der Waals surface area contributed by atoms with E-state index in [0.29, 0.717) is 28.4 Å². The second kappa shape index (κ2) is 6.12. The van der Waals surface area contributed by atoms with Gasteiger partial charge in [0, 0.05) is 32.2 Å². The second-order valence-corrected chi connectivity index (χ2v) is 5.97. The first-order valence-corrected chi connectivity index (χ1v) is 7.50. The third-order valence-corrected chi connectivity index (χ3v) is 4.54. The molecular formula is C15H19ClN2O3. The van der Waals surface area contributed by atoms with E-state index in [1.165, 1.54) is 0 Å². The standard InChI is InChI=1S/C15H19ClN2O3/c1-20-14-4-12(2-3-13(14)16)21-9-15(19)18-7-10-5-17-6-11(10)8-18/h2-4,10-11,17H,5-9H2,1H3/t10-,11+. The van der Waals surface area contributed by atoms with Crippen molar-refractivity contribution in [1.82, 2.24) is 10.2 Å². The van der Waals surface area contributed by atoms with E-state index in [4.69, 9.17) is 21.1 Å². The monoisotopic (exact) mass is 310 g/mol. The lowest BCUT2D eigenvalue weighted by molar-refractivity contribution is -0.132. The maximum atomic E-state index is 12.2. The number of hydrogen-bond acceptors (Lipinski definition) is 4. The number of rotatable bonds is 4. The van der Waals surface area contributed by atoms with E-state index in [9.17, 15) is 4.79 Å². The topological polar surface area (TPSA) is 50.8 Å². The predicted molar refractivity (Wildman–Crippen MR) is 79.9 cm³/mol. The number of halogens is 1. The lowest BCUT2D eigenvalue weighted by atomic mass is 10.0. The van der Waals surface area contributed by atoms with Crippen LogP contribution in [0, 0.1) is 11.8 Å². The van der Waals surface area contributed by atoms with Crippen LogP contribution in [-0.4, -0.2) is 50.7 Å². The van der Waals surface area contributed by atoms with Crippen molar-refractivity contribution in [3.05, 3.63) is 23.2 Å². The van der Waals surface area contributed by atoms with Gasteiger partial charge in [-0.3, -0.25) is 4.79 Å². The summed E-state index contributed by atoms with van der Waals surface area (Å²) in [6, 6.07) is 5.13. The van der Waals surface area contributed by atoms with Crippen molar-refractivity contribution >= 4 is 17.5 Å². The molecule has 0 aromatic heterocycles. The van der Waals surface area contributed by atoms with Gasteiger partial charge < -0.3 is 19.7 Å². The molecule has 0 radical (unpaired) electrons. The molecule has 2 heterocycles. The Hall–Kier alpha value is -1.46. The number of fused-ring (bicyclic) bond motifs is 1. The van der Waals surface area contributed by atoms with E-state index >= 15 is 0 Å². The average molecular weight is 311 g/mol. The minimum absolute atomic E-state index is 0.0401. The second-order valence-electron chi connectivity index (χ2n) is 5.56. The van der Waals surface area contributed by atoms with Gasteiger partial charge in [-0.05, 0) is 24.0 Å². The Kier molecular flexibility index (Phi) is 4.22. The van der Waals surface area contributed by atoms with E-state index in [1.54, 1.807) is 25.3 Å². The van der Waals surface area contributed by atoms with E-state index in [0.717, 1.165) is 26.2 Å². The van der Waals surface area contributed by atoms with Gasteiger partial charge in [0.05, 0.1) is 12.1 Å². The van der Waals surface area contributed by atoms with Crippen molar-refractivity contribution in [2.45, 2.75) is 0 Å². The molecule has 2 saturated heterocycles. The zero-order valence-electron chi connectivity index (χ0n) is 12.0. The van der Waals surface area contributed by atoms with Crippen LogP contribution < -0.4 is 14.8 Å². The fourth-order valence-corrected chi connectivity index (χ4v) is 3.22. The number of benzene rings is 1. The fraction of sp³-hybridized carbons (Fsp3) is 0.533. The van der Waals surface area contributed by atoms with Gasteiger partial charge in [0.25, 0.3) is 5.91 Å². The highest BCUT2D eigenvalue weighted by Crippen LogP contribution is 2.29. The molecule has 6 heteroatoms. The summed E-state index contributed by atoms with van der Waals surface area (Å²) in [7, 11) is 1.55. The lowest BCUT2D eigenvalue weighted by Gasteiger charge is -2.18. The summed E-state index contributed by atoms with van der Waals surface area (Å²) in [5, 5.41) is 3.89. The first-order valence-electron chi connectivity index (χ1n) is 7.12. The predicted octanol–water partition coefficient (Wildman–Crippen LogP) is 1.41. The molecule has 114 valence electrons. The molecule has 1 amide bonds. The third kappa shape index (κ3) is 3.09. The summed E-state index contributed by atoms with van der Waals surface area (Å²) in [6.45, 7) is 3.76. The van der Waals surface area contributed by atoms with Crippen LogP contribution in [0.4, 0.5) is 0 Å². The van der Waals surface area contributed by atoms with E-state index in [1.807, 2.05) is 4.90 Å². The van der Waals surface area contributed by atoms with Crippen LogP contribution in [0.3, 0.4) is 0 Å². The summed E-state index contributed by atoms with van der Waals surface area (Å²) in [5.74, 6) is 2.38. The SMILES string of the molecule is COc1cc(OCC(=O)N2C[C@H]3CNC[C@H]3C2)ccc1Cl. The molecule has 2 aliphatic heterocycles. The first kappa shape index (κ1) is 14.5. The largest absolute Gasteiger partial charge is 0.495 e. The molecule has 0 unspecified atom stereocenters. The summed E-state index contributed by atoms with van der Waals surface area (Å²) < 4.78 is 10.7. The molecule has 0 saturated carbocycles. The minimum Gasteiger partial charge on any atom is -0.495 e. The van der Waals surface area contributed by atoms with Crippen molar-refractivity contribution in [3.63, 3.8) is 0 Å². The Balaban J connectivity index is 1.54. The maximum absolute atomic E-state index is 12.2. The number of likely N-dealkylation sites (tertiary alicyclic amines) is 1. The Bertz CT molecular complexity index is 526. The van der Waals surface area contributed by atoms with Gasteiger partial charge in [-0.1, -0.05) is 11.6 Å². The third-order valence-electron chi connectivity index (χ3n) is 4.23. The van der Waals surface area contributed by atoms with Crippen LogP contribution in [0.2, 0.25) is 5.02 Å². The van der Waals surface area contributed by atoms with Crippen molar-refractivity contribution in [2.75, 3.05) is 39.9 Å². The summed E-state index contributed by atoms with van der Waals surface area (Å²) in [4.78, 5) is 14.1. The molecule has 2 aliphatic rings. The highest BCUT2D eigenvalue weighted by Gasteiger charge is 2.37.